The van der Waals surface area contributed by atoms with Gasteiger partial charge in [-0.25, -0.2) is 4.79 Å². The number of rotatable bonds is 9. The molecule has 2 amide bonds. The van der Waals surface area contributed by atoms with E-state index in [0.29, 0.717) is 0 Å². The summed E-state index contributed by atoms with van der Waals surface area (Å²) in [5, 5.41) is 5.77. The molecule has 0 aliphatic carbocycles. The standard InChI is InChI=1S/C16H26N2O/c1-2-3-8-13-17-16(19)18-14-9-7-12-15-10-5-4-6-11-15/h4-6,10-11H,2-3,7-9,12-14H2,1H3,(H2,17,18,19). The highest BCUT2D eigenvalue weighted by molar-refractivity contribution is 5.73. The molecular formula is C16H26N2O. The van der Waals surface area contributed by atoms with Gasteiger partial charge in [-0.3, -0.25) is 0 Å². The normalized spacial score (nSPS) is 10.2. The number of urea groups is 1. The third-order valence-electron chi connectivity index (χ3n) is 3.09. The van der Waals surface area contributed by atoms with Crippen molar-refractivity contribution in [2.24, 2.45) is 0 Å². The van der Waals surface area contributed by atoms with Gasteiger partial charge in [0.15, 0.2) is 0 Å². The smallest absolute Gasteiger partial charge is 0.314 e. The van der Waals surface area contributed by atoms with Gasteiger partial charge < -0.3 is 10.6 Å². The quantitative estimate of drug-likeness (QED) is 0.657. The number of nitrogens with one attached hydrogen (secondary N) is 2. The molecule has 3 heteroatoms. The molecule has 0 aliphatic rings. The second-order valence-electron chi connectivity index (χ2n) is 4.83. The second-order valence-corrected chi connectivity index (χ2v) is 4.83. The van der Waals surface area contributed by atoms with E-state index in [-0.39, 0.29) is 6.03 Å². The first kappa shape index (κ1) is 15.5. The van der Waals surface area contributed by atoms with E-state index in [1.54, 1.807) is 0 Å². The van der Waals surface area contributed by atoms with Crippen molar-refractivity contribution in [3.05, 3.63) is 35.9 Å². The summed E-state index contributed by atoms with van der Waals surface area (Å²) in [5.74, 6) is 0. The monoisotopic (exact) mass is 262 g/mol. The fraction of sp³-hybridized carbons (Fsp3) is 0.562. The zero-order valence-corrected chi connectivity index (χ0v) is 12.0. The number of carbonyl (C=O) groups is 1. The van der Waals surface area contributed by atoms with E-state index < -0.39 is 0 Å². The van der Waals surface area contributed by atoms with Gasteiger partial charge in [-0.2, -0.15) is 0 Å². The highest BCUT2D eigenvalue weighted by Gasteiger charge is 1.98. The first-order chi connectivity index (χ1) is 9.33. The summed E-state index contributed by atoms with van der Waals surface area (Å²) < 4.78 is 0. The summed E-state index contributed by atoms with van der Waals surface area (Å²) in [4.78, 5) is 11.4. The Morgan fingerprint density at radius 2 is 1.58 bits per heavy atom. The largest absolute Gasteiger partial charge is 0.338 e. The van der Waals surface area contributed by atoms with Crippen molar-refractivity contribution in [2.75, 3.05) is 13.1 Å². The van der Waals surface area contributed by atoms with Crippen LogP contribution in [0.25, 0.3) is 0 Å². The summed E-state index contributed by atoms with van der Waals surface area (Å²) in [5.41, 5.74) is 1.37. The Morgan fingerprint density at radius 3 is 2.21 bits per heavy atom. The van der Waals surface area contributed by atoms with E-state index in [0.717, 1.165) is 38.8 Å². The molecule has 0 radical (unpaired) electrons. The minimum Gasteiger partial charge on any atom is -0.338 e. The Hall–Kier alpha value is -1.51. The number of benzene rings is 1. The van der Waals surface area contributed by atoms with Crippen LogP contribution in [-0.4, -0.2) is 19.1 Å². The number of hydrogen-bond acceptors (Lipinski definition) is 1. The van der Waals surface area contributed by atoms with E-state index in [1.807, 2.05) is 6.07 Å². The molecule has 0 saturated carbocycles. The van der Waals surface area contributed by atoms with Gasteiger partial charge in [0.2, 0.25) is 0 Å². The van der Waals surface area contributed by atoms with Crippen molar-refractivity contribution in [3.8, 4) is 0 Å². The number of carbonyl (C=O) groups excluding carboxylic acids is 1. The molecule has 0 bridgehead atoms. The molecule has 106 valence electrons. The molecule has 1 rings (SSSR count). The summed E-state index contributed by atoms with van der Waals surface area (Å²) in [6.45, 7) is 3.70. The van der Waals surface area contributed by atoms with Gasteiger partial charge in [-0.15, -0.1) is 0 Å². The lowest BCUT2D eigenvalue weighted by atomic mass is 10.1. The fourth-order valence-electron chi connectivity index (χ4n) is 1.94. The van der Waals surface area contributed by atoms with Gasteiger partial charge in [0.05, 0.1) is 0 Å². The van der Waals surface area contributed by atoms with Crippen molar-refractivity contribution in [1.82, 2.24) is 10.6 Å². The molecule has 0 aromatic heterocycles. The fourth-order valence-corrected chi connectivity index (χ4v) is 1.94. The summed E-state index contributed by atoms with van der Waals surface area (Å²) in [7, 11) is 0. The lowest BCUT2D eigenvalue weighted by Gasteiger charge is -2.07. The predicted octanol–water partition coefficient (Wildman–Crippen LogP) is 3.50. The number of amides is 2. The minimum atomic E-state index is -0.0317. The highest BCUT2D eigenvalue weighted by atomic mass is 16.2. The lowest BCUT2D eigenvalue weighted by Crippen LogP contribution is -2.36. The third kappa shape index (κ3) is 8.25. The molecule has 0 saturated heterocycles. The van der Waals surface area contributed by atoms with Crippen LogP contribution in [0.1, 0.15) is 44.6 Å². The maximum atomic E-state index is 11.4. The maximum absolute atomic E-state index is 11.4. The topological polar surface area (TPSA) is 41.1 Å². The van der Waals surface area contributed by atoms with Crippen LogP contribution in [0.4, 0.5) is 4.79 Å². The average Bonchev–Trinajstić information content (AvgIpc) is 2.44. The second kappa shape index (κ2) is 10.4. The molecule has 0 aliphatic heterocycles. The number of unbranched alkanes of at least 4 members (excludes halogenated alkanes) is 3. The van der Waals surface area contributed by atoms with Crippen molar-refractivity contribution in [1.29, 1.82) is 0 Å². The van der Waals surface area contributed by atoms with E-state index in [2.05, 4.69) is 41.8 Å². The van der Waals surface area contributed by atoms with Gasteiger partial charge in [0, 0.05) is 13.1 Å². The predicted molar refractivity (Wildman–Crippen MR) is 80.3 cm³/mol. The van der Waals surface area contributed by atoms with Crippen molar-refractivity contribution < 1.29 is 4.79 Å². The van der Waals surface area contributed by atoms with E-state index >= 15 is 0 Å². The molecule has 0 atom stereocenters. The third-order valence-corrected chi connectivity index (χ3v) is 3.09. The first-order valence-corrected chi connectivity index (χ1v) is 7.38. The van der Waals surface area contributed by atoms with E-state index in [4.69, 9.17) is 0 Å². The molecule has 3 nitrogen and oxygen atoms in total. The van der Waals surface area contributed by atoms with Crippen LogP contribution in [-0.2, 0) is 6.42 Å². The Bertz CT molecular complexity index is 338. The Labute approximate surface area is 116 Å². The van der Waals surface area contributed by atoms with Gasteiger partial charge in [-0.05, 0) is 31.2 Å². The van der Waals surface area contributed by atoms with Crippen LogP contribution in [0.15, 0.2) is 30.3 Å². The average molecular weight is 262 g/mol. The van der Waals surface area contributed by atoms with E-state index in [9.17, 15) is 4.79 Å². The maximum Gasteiger partial charge on any atom is 0.314 e. The Kier molecular flexibility index (Phi) is 8.52. The molecule has 0 spiro atoms. The van der Waals surface area contributed by atoms with Crippen molar-refractivity contribution >= 4 is 6.03 Å². The first-order valence-electron chi connectivity index (χ1n) is 7.38. The zero-order valence-electron chi connectivity index (χ0n) is 12.0. The van der Waals surface area contributed by atoms with Crippen LogP contribution in [0, 0.1) is 0 Å². The minimum absolute atomic E-state index is 0.0317. The molecule has 1 aromatic rings. The Morgan fingerprint density at radius 1 is 0.947 bits per heavy atom. The van der Waals surface area contributed by atoms with Crippen LogP contribution in [0.5, 0.6) is 0 Å². The van der Waals surface area contributed by atoms with Crippen LogP contribution in [0.3, 0.4) is 0 Å². The number of hydrogen-bond donors (Lipinski definition) is 2. The molecule has 1 aromatic carbocycles. The highest BCUT2D eigenvalue weighted by Crippen LogP contribution is 2.03. The van der Waals surface area contributed by atoms with Crippen LogP contribution < -0.4 is 10.6 Å². The van der Waals surface area contributed by atoms with Gasteiger partial charge in [-0.1, -0.05) is 50.1 Å². The number of aryl methyl sites for hydroxylation is 1. The van der Waals surface area contributed by atoms with Crippen molar-refractivity contribution in [2.45, 2.75) is 45.4 Å². The molecular weight excluding hydrogens is 236 g/mol. The molecule has 0 fully saturated rings. The lowest BCUT2D eigenvalue weighted by molar-refractivity contribution is 0.240. The summed E-state index contributed by atoms with van der Waals surface area (Å²) >= 11 is 0. The van der Waals surface area contributed by atoms with Crippen LogP contribution >= 0.6 is 0 Å². The van der Waals surface area contributed by atoms with Crippen LogP contribution in [0.2, 0.25) is 0 Å². The molecule has 0 heterocycles. The van der Waals surface area contributed by atoms with Crippen molar-refractivity contribution in [3.63, 3.8) is 0 Å². The van der Waals surface area contributed by atoms with E-state index in [1.165, 1.54) is 18.4 Å². The molecule has 19 heavy (non-hydrogen) atoms. The SMILES string of the molecule is CCCCCNC(=O)NCCCCc1ccccc1. The molecule has 2 N–H and O–H groups in total. The zero-order chi connectivity index (χ0) is 13.8. The van der Waals surface area contributed by atoms with Gasteiger partial charge >= 0.3 is 6.03 Å². The summed E-state index contributed by atoms with van der Waals surface area (Å²) in [6.07, 6.45) is 6.65. The summed E-state index contributed by atoms with van der Waals surface area (Å²) in [6, 6.07) is 10.4. The molecule has 0 unspecified atom stereocenters. The Balaban J connectivity index is 1.94. The van der Waals surface area contributed by atoms with Gasteiger partial charge in [0.1, 0.15) is 0 Å². The van der Waals surface area contributed by atoms with Gasteiger partial charge in [0.25, 0.3) is 0 Å².